The minimum atomic E-state index is -3.49. The van der Waals surface area contributed by atoms with E-state index in [-0.39, 0.29) is 12.2 Å². The average Bonchev–Trinajstić information content (AvgIpc) is 2.13. The highest BCUT2D eigenvalue weighted by atomic mass is 32.2. The molecule has 0 aromatic carbocycles. The molecule has 1 unspecified atom stereocenters. The lowest BCUT2D eigenvalue weighted by molar-refractivity contribution is -0.140. The zero-order valence-corrected chi connectivity index (χ0v) is 8.93. The first-order valence-corrected chi connectivity index (χ1v) is 5.59. The largest absolute Gasteiger partial charge is 0.469 e. The van der Waals surface area contributed by atoms with Gasteiger partial charge < -0.3 is 4.74 Å². The molecule has 0 saturated heterocycles. The Bertz CT molecular complexity index is 328. The number of hydrogen-bond donors (Lipinski definition) is 1. The monoisotopic (exact) mass is 219 g/mol. The van der Waals surface area contributed by atoms with Gasteiger partial charge in [0, 0.05) is 0 Å². The Labute approximate surface area is 83.9 Å². The van der Waals surface area contributed by atoms with Gasteiger partial charge in [-0.2, -0.15) is 0 Å². The molecule has 0 radical (unpaired) electrons. The van der Waals surface area contributed by atoms with Crippen LogP contribution in [0.4, 0.5) is 0 Å². The summed E-state index contributed by atoms with van der Waals surface area (Å²) in [4.78, 5) is 10.7. The third-order valence-electron chi connectivity index (χ3n) is 1.41. The van der Waals surface area contributed by atoms with Gasteiger partial charge in [0.2, 0.25) is 10.0 Å². The van der Waals surface area contributed by atoms with E-state index < -0.39 is 22.0 Å². The van der Waals surface area contributed by atoms with Crippen molar-refractivity contribution in [1.29, 1.82) is 0 Å². The molecule has 0 saturated carbocycles. The fraction of sp³-hybridized carbons (Fsp3) is 0.625. The van der Waals surface area contributed by atoms with Gasteiger partial charge in [0.05, 0.1) is 25.3 Å². The molecule has 0 heterocycles. The lowest BCUT2D eigenvalue weighted by Gasteiger charge is -2.07. The van der Waals surface area contributed by atoms with Crippen molar-refractivity contribution in [2.45, 2.75) is 19.4 Å². The van der Waals surface area contributed by atoms with Crippen LogP contribution in [0, 0.1) is 12.3 Å². The number of nitrogens with one attached hydrogen (secondary N) is 1. The van der Waals surface area contributed by atoms with Crippen LogP contribution in [0.1, 0.15) is 13.3 Å². The van der Waals surface area contributed by atoms with E-state index in [9.17, 15) is 13.2 Å². The van der Waals surface area contributed by atoms with E-state index in [0.717, 1.165) is 0 Å². The van der Waals surface area contributed by atoms with E-state index in [1.807, 2.05) is 0 Å². The summed E-state index contributed by atoms with van der Waals surface area (Å²) in [6.07, 6.45) is 4.82. The Morgan fingerprint density at radius 3 is 2.64 bits per heavy atom. The molecular weight excluding hydrogens is 206 g/mol. The smallest absolute Gasteiger partial charge is 0.306 e. The van der Waals surface area contributed by atoms with Gasteiger partial charge in [-0.05, 0) is 6.92 Å². The Kier molecular flexibility index (Phi) is 5.20. The standard InChI is InChI=1S/C8H13NO4S/c1-4-7(2)9-14(11,12)6-5-8(10)13-3/h1,7,9H,5-6H2,2-3H3. The molecule has 0 aliphatic carbocycles. The maximum Gasteiger partial charge on any atom is 0.306 e. The number of ether oxygens (including phenoxy) is 1. The number of esters is 1. The van der Waals surface area contributed by atoms with Crippen molar-refractivity contribution >= 4 is 16.0 Å². The lowest BCUT2D eigenvalue weighted by atomic mass is 10.4. The van der Waals surface area contributed by atoms with Gasteiger partial charge >= 0.3 is 5.97 Å². The molecule has 6 heteroatoms. The van der Waals surface area contributed by atoms with Crippen LogP contribution in [0.5, 0.6) is 0 Å². The van der Waals surface area contributed by atoms with Gasteiger partial charge in [0.1, 0.15) is 0 Å². The second-order valence-electron chi connectivity index (χ2n) is 2.65. The molecule has 80 valence electrons. The molecule has 0 rings (SSSR count). The highest BCUT2D eigenvalue weighted by Crippen LogP contribution is 1.93. The molecule has 0 fully saturated rings. The molecule has 1 atom stereocenters. The first-order chi connectivity index (χ1) is 6.41. The summed E-state index contributed by atoms with van der Waals surface area (Å²) < 4.78 is 28.9. The number of hydrogen-bond acceptors (Lipinski definition) is 4. The first kappa shape index (κ1) is 12.9. The minimum absolute atomic E-state index is 0.177. The second kappa shape index (κ2) is 5.62. The summed E-state index contributed by atoms with van der Waals surface area (Å²) in [7, 11) is -2.29. The third-order valence-corrected chi connectivity index (χ3v) is 2.86. The van der Waals surface area contributed by atoms with Gasteiger partial charge in [0.15, 0.2) is 0 Å². The fourth-order valence-corrected chi connectivity index (χ4v) is 1.84. The number of terminal acetylenes is 1. The van der Waals surface area contributed by atoms with Gasteiger partial charge in [-0.25, -0.2) is 13.1 Å². The predicted octanol–water partition coefficient (Wildman–Crippen LogP) is -0.509. The van der Waals surface area contributed by atoms with Gasteiger partial charge in [-0.3, -0.25) is 4.79 Å². The Hall–Kier alpha value is -1.06. The summed E-state index contributed by atoms with van der Waals surface area (Å²) >= 11 is 0. The second-order valence-corrected chi connectivity index (χ2v) is 4.52. The number of carbonyl (C=O) groups excluding carboxylic acids is 1. The van der Waals surface area contributed by atoms with Crippen molar-refractivity contribution in [3.63, 3.8) is 0 Å². The van der Waals surface area contributed by atoms with Gasteiger partial charge in [-0.1, -0.05) is 5.92 Å². The van der Waals surface area contributed by atoms with Gasteiger partial charge in [-0.15, -0.1) is 6.42 Å². The average molecular weight is 219 g/mol. The Morgan fingerprint density at radius 1 is 1.64 bits per heavy atom. The summed E-state index contributed by atoms with van der Waals surface area (Å²) in [5.41, 5.74) is 0. The molecule has 14 heavy (non-hydrogen) atoms. The van der Waals surface area contributed by atoms with Crippen LogP contribution in [0.3, 0.4) is 0 Å². The zero-order chi connectivity index (χ0) is 11.2. The maximum absolute atomic E-state index is 11.2. The third kappa shape index (κ3) is 5.56. The van der Waals surface area contributed by atoms with Gasteiger partial charge in [0.25, 0.3) is 0 Å². The molecule has 0 aromatic heterocycles. The first-order valence-electron chi connectivity index (χ1n) is 3.94. The topological polar surface area (TPSA) is 72.5 Å². The summed E-state index contributed by atoms with van der Waals surface area (Å²) in [6.45, 7) is 1.54. The molecule has 0 spiro atoms. The normalized spacial score (nSPS) is 12.9. The Morgan fingerprint density at radius 2 is 2.21 bits per heavy atom. The fourth-order valence-electron chi connectivity index (χ4n) is 0.682. The lowest BCUT2D eigenvalue weighted by Crippen LogP contribution is -2.34. The van der Waals surface area contributed by atoms with Crippen LogP contribution >= 0.6 is 0 Å². The molecular formula is C8H13NO4S. The van der Waals surface area contributed by atoms with Crippen molar-refractivity contribution in [2.75, 3.05) is 12.9 Å². The SMILES string of the molecule is C#CC(C)NS(=O)(=O)CCC(=O)OC. The Balaban J connectivity index is 4.11. The molecule has 0 aromatic rings. The van der Waals surface area contributed by atoms with Crippen molar-refractivity contribution in [1.82, 2.24) is 4.72 Å². The molecule has 0 amide bonds. The predicted molar refractivity (Wildman–Crippen MR) is 51.9 cm³/mol. The van der Waals surface area contributed by atoms with E-state index in [0.29, 0.717) is 0 Å². The number of carbonyl (C=O) groups is 1. The van der Waals surface area contributed by atoms with Crippen molar-refractivity contribution in [3.05, 3.63) is 0 Å². The van der Waals surface area contributed by atoms with E-state index >= 15 is 0 Å². The summed E-state index contributed by atoms with van der Waals surface area (Å²) in [5, 5.41) is 0. The highest BCUT2D eigenvalue weighted by Gasteiger charge is 2.15. The van der Waals surface area contributed by atoms with Crippen LogP contribution in [0.25, 0.3) is 0 Å². The van der Waals surface area contributed by atoms with E-state index in [1.54, 1.807) is 0 Å². The zero-order valence-electron chi connectivity index (χ0n) is 8.11. The number of sulfonamides is 1. The number of methoxy groups -OCH3 is 1. The van der Waals surface area contributed by atoms with Crippen molar-refractivity contribution < 1.29 is 17.9 Å². The van der Waals surface area contributed by atoms with Crippen LogP contribution in [0.2, 0.25) is 0 Å². The van der Waals surface area contributed by atoms with E-state index in [1.165, 1.54) is 14.0 Å². The maximum atomic E-state index is 11.2. The molecule has 1 N–H and O–H groups in total. The molecule has 0 bridgehead atoms. The highest BCUT2D eigenvalue weighted by molar-refractivity contribution is 7.89. The molecule has 0 aliphatic heterocycles. The van der Waals surface area contributed by atoms with Crippen LogP contribution in [-0.4, -0.2) is 33.3 Å². The van der Waals surface area contributed by atoms with E-state index in [4.69, 9.17) is 6.42 Å². The molecule has 0 aliphatic rings. The van der Waals surface area contributed by atoms with Crippen molar-refractivity contribution in [3.8, 4) is 12.3 Å². The van der Waals surface area contributed by atoms with Crippen LogP contribution in [0.15, 0.2) is 0 Å². The van der Waals surface area contributed by atoms with E-state index in [2.05, 4.69) is 15.4 Å². The summed E-state index contributed by atoms with van der Waals surface area (Å²) in [5.74, 6) is 1.34. The number of rotatable bonds is 5. The molecule has 5 nitrogen and oxygen atoms in total. The van der Waals surface area contributed by atoms with Crippen LogP contribution in [-0.2, 0) is 19.6 Å². The van der Waals surface area contributed by atoms with Crippen molar-refractivity contribution in [2.24, 2.45) is 0 Å². The quantitative estimate of drug-likeness (QED) is 0.499. The minimum Gasteiger partial charge on any atom is -0.469 e. The summed E-state index contributed by atoms with van der Waals surface area (Å²) in [6, 6.07) is -0.572. The van der Waals surface area contributed by atoms with Crippen LogP contribution < -0.4 is 4.72 Å².